The topological polar surface area (TPSA) is 62.6 Å². The summed E-state index contributed by atoms with van der Waals surface area (Å²) in [5, 5.41) is 3.16. The Bertz CT molecular complexity index is 666. The molecule has 0 saturated carbocycles. The number of hydrogen-bond donors (Lipinski definition) is 1. The zero-order chi connectivity index (χ0) is 15.3. The van der Waals surface area contributed by atoms with Crippen molar-refractivity contribution in [1.29, 1.82) is 0 Å². The Morgan fingerprint density at radius 2 is 2.00 bits per heavy atom. The standard InChI is InChI=1S/C15H20N2O3S/c1-3-16-10-14-6-4-5-7-15(14)21(18,19)17(2)11-13-8-9-20-12-13/h4-9,12,16H,3,10-11H2,1-2H3. The van der Waals surface area contributed by atoms with Crippen molar-refractivity contribution in [3.63, 3.8) is 0 Å². The zero-order valence-corrected chi connectivity index (χ0v) is 13.1. The molecule has 6 heteroatoms. The maximum Gasteiger partial charge on any atom is 0.243 e. The highest BCUT2D eigenvalue weighted by molar-refractivity contribution is 7.89. The van der Waals surface area contributed by atoms with E-state index < -0.39 is 10.0 Å². The number of hydrogen-bond acceptors (Lipinski definition) is 4. The molecule has 21 heavy (non-hydrogen) atoms. The monoisotopic (exact) mass is 308 g/mol. The Morgan fingerprint density at radius 1 is 1.24 bits per heavy atom. The van der Waals surface area contributed by atoms with Crippen molar-refractivity contribution >= 4 is 10.0 Å². The molecule has 5 nitrogen and oxygen atoms in total. The van der Waals surface area contributed by atoms with Crippen LogP contribution in [0.25, 0.3) is 0 Å². The number of benzene rings is 1. The molecule has 0 fully saturated rings. The third kappa shape index (κ3) is 3.72. The molecule has 1 aromatic heterocycles. The molecule has 0 radical (unpaired) electrons. The molecule has 0 saturated heterocycles. The lowest BCUT2D eigenvalue weighted by Gasteiger charge is -2.18. The Kier molecular flexibility index (Phi) is 5.17. The molecule has 1 heterocycles. The first-order valence-corrected chi connectivity index (χ1v) is 8.25. The van der Waals surface area contributed by atoms with Crippen LogP contribution in [0.5, 0.6) is 0 Å². The third-order valence-electron chi connectivity index (χ3n) is 3.21. The summed E-state index contributed by atoms with van der Waals surface area (Å²) in [4.78, 5) is 0.344. The van der Waals surface area contributed by atoms with Crippen LogP contribution in [0.1, 0.15) is 18.1 Å². The van der Waals surface area contributed by atoms with E-state index in [4.69, 9.17) is 4.42 Å². The van der Waals surface area contributed by atoms with E-state index in [9.17, 15) is 8.42 Å². The van der Waals surface area contributed by atoms with Crippen LogP contribution in [-0.4, -0.2) is 26.3 Å². The van der Waals surface area contributed by atoms with E-state index in [0.717, 1.165) is 17.7 Å². The maximum absolute atomic E-state index is 12.7. The predicted molar refractivity (Wildman–Crippen MR) is 81.2 cm³/mol. The molecule has 0 aliphatic heterocycles. The minimum atomic E-state index is -3.52. The molecule has 0 unspecified atom stereocenters. The number of rotatable bonds is 7. The molecule has 0 spiro atoms. The van der Waals surface area contributed by atoms with Gasteiger partial charge in [-0.2, -0.15) is 4.31 Å². The summed E-state index contributed by atoms with van der Waals surface area (Å²) in [5.41, 5.74) is 1.60. The minimum Gasteiger partial charge on any atom is -0.472 e. The average Bonchev–Trinajstić information content (AvgIpc) is 2.98. The van der Waals surface area contributed by atoms with Crippen LogP contribution in [0.3, 0.4) is 0 Å². The molecule has 2 aromatic rings. The van der Waals surface area contributed by atoms with Gasteiger partial charge in [-0.15, -0.1) is 0 Å². The van der Waals surface area contributed by atoms with Crippen molar-refractivity contribution < 1.29 is 12.8 Å². The molecule has 1 aromatic carbocycles. The lowest BCUT2D eigenvalue weighted by Crippen LogP contribution is -2.28. The van der Waals surface area contributed by atoms with Gasteiger partial charge >= 0.3 is 0 Å². The fourth-order valence-electron chi connectivity index (χ4n) is 2.05. The highest BCUT2D eigenvalue weighted by Crippen LogP contribution is 2.21. The Morgan fingerprint density at radius 3 is 2.67 bits per heavy atom. The van der Waals surface area contributed by atoms with Crippen molar-refractivity contribution in [3.8, 4) is 0 Å². The fourth-order valence-corrected chi connectivity index (χ4v) is 3.43. The largest absolute Gasteiger partial charge is 0.472 e. The van der Waals surface area contributed by atoms with Gasteiger partial charge in [-0.1, -0.05) is 25.1 Å². The van der Waals surface area contributed by atoms with Crippen LogP contribution >= 0.6 is 0 Å². The van der Waals surface area contributed by atoms with E-state index in [2.05, 4.69) is 5.32 Å². The molecular formula is C15H20N2O3S. The van der Waals surface area contributed by atoms with Gasteiger partial charge in [0.2, 0.25) is 10.0 Å². The van der Waals surface area contributed by atoms with Gasteiger partial charge in [-0.25, -0.2) is 8.42 Å². The van der Waals surface area contributed by atoms with Gasteiger partial charge in [0, 0.05) is 25.7 Å². The summed E-state index contributed by atoms with van der Waals surface area (Å²) in [5.74, 6) is 0. The van der Waals surface area contributed by atoms with Crippen LogP contribution in [0.15, 0.2) is 52.2 Å². The molecule has 0 atom stereocenters. The molecule has 2 rings (SSSR count). The highest BCUT2D eigenvalue weighted by Gasteiger charge is 2.23. The fraction of sp³-hybridized carbons (Fsp3) is 0.333. The van der Waals surface area contributed by atoms with Gasteiger partial charge in [0.25, 0.3) is 0 Å². The van der Waals surface area contributed by atoms with Crippen molar-refractivity contribution in [3.05, 3.63) is 54.0 Å². The third-order valence-corrected chi connectivity index (χ3v) is 5.12. The summed E-state index contributed by atoms with van der Waals surface area (Å²) in [6.45, 7) is 3.60. The Balaban J connectivity index is 2.26. The Labute approximate surface area is 125 Å². The highest BCUT2D eigenvalue weighted by atomic mass is 32.2. The summed E-state index contributed by atoms with van der Waals surface area (Å²) >= 11 is 0. The van der Waals surface area contributed by atoms with Crippen LogP contribution in [0, 0.1) is 0 Å². The first-order valence-electron chi connectivity index (χ1n) is 6.81. The Hall–Kier alpha value is -1.63. The van der Waals surface area contributed by atoms with Crippen LogP contribution < -0.4 is 5.32 Å². The zero-order valence-electron chi connectivity index (χ0n) is 12.2. The normalized spacial score (nSPS) is 12.0. The van der Waals surface area contributed by atoms with Crippen molar-refractivity contribution in [1.82, 2.24) is 9.62 Å². The second-order valence-corrected chi connectivity index (χ2v) is 6.79. The van der Waals surface area contributed by atoms with Gasteiger partial charge in [-0.3, -0.25) is 0 Å². The minimum absolute atomic E-state index is 0.286. The van der Waals surface area contributed by atoms with Crippen LogP contribution in [0.2, 0.25) is 0 Å². The lowest BCUT2D eigenvalue weighted by molar-refractivity contribution is 0.462. The predicted octanol–water partition coefficient (Wildman–Crippen LogP) is 2.21. The van der Waals surface area contributed by atoms with Crippen molar-refractivity contribution in [2.24, 2.45) is 0 Å². The van der Waals surface area contributed by atoms with Crippen LogP contribution in [-0.2, 0) is 23.1 Å². The number of sulfonamides is 1. The second kappa shape index (κ2) is 6.89. The average molecular weight is 308 g/mol. The lowest BCUT2D eigenvalue weighted by atomic mass is 10.2. The van der Waals surface area contributed by atoms with Crippen LogP contribution in [0.4, 0.5) is 0 Å². The molecule has 114 valence electrons. The number of furan rings is 1. The van der Waals surface area contributed by atoms with Crippen molar-refractivity contribution in [2.45, 2.75) is 24.9 Å². The van der Waals surface area contributed by atoms with E-state index in [-0.39, 0.29) is 6.54 Å². The number of nitrogens with zero attached hydrogens (tertiary/aromatic N) is 1. The SMILES string of the molecule is CCNCc1ccccc1S(=O)(=O)N(C)Cc1ccoc1. The summed E-state index contributed by atoms with van der Waals surface area (Å²) in [7, 11) is -1.95. The van der Waals surface area contributed by atoms with Gasteiger partial charge in [-0.05, 0) is 24.2 Å². The van der Waals surface area contributed by atoms with Crippen molar-refractivity contribution in [2.75, 3.05) is 13.6 Å². The molecule has 0 amide bonds. The second-order valence-electron chi connectivity index (χ2n) is 4.78. The van der Waals surface area contributed by atoms with Gasteiger partial charge in [0.15, 0.2) is 0 Å². The maximum atomic E-state index is 12.7. The van der Waals surface area contributed by atoms with E-state index in [1.807, 2.05) is 19.1 Å². The number of nitrogens with one attached hydrogen (secondary N) is 1. The summed E-state index contributed by atoms with van der Waals surface area (Å²) < 4.78 is 31.7. The first kappa shape index (κ1) is 15.8. The summed E-state index contributed by atoms with van der Waals surface area (Å²) in [6.07, 6.45) is 3.09. The molecule has 1 N–H and O–H groups in total. The molecule has 0 aliphatic carbocycles. The van der Waals surface area contributed by atoms with E-state index in [0.29, 0.717) is 11.4 Å². The van der Waals surface area contributed by atoms with Gasteiger partial charge in [0.1, 0.15) is 0 Å². The van der Waals surface area contributed by atoms with E-state index in [1.54, 1.807) is 31.5 Å². The first-order chi connectivity index (χ1) is 10.1. The molecule has 0 bridgehead atoms. The smallest absolute Gasteiger partial charge is 0.243 e. The van der Waals surface area contributed by atoms with E-state index >= 15 is 0 Å². The summed E-state index contributed by atoms with van der Waals surface area (Å²) in [6, 6.07) is 8.83. The van der Waals surface area contributed by atoms with Gasteiger partial charge in [0.05, 0.1) is 17.4 Å². The molecule has 0 aliphatic rings. The van der Waals surface area contributed by atoms with E-state index in [1.165, 1.54) is 10.6 Å². The quantitative estimate of drug-likeness (QED) is 0.852. The molecular weight excluding hydrogens is 288 g/mol. The van der Waals surface area contributed by atoms with Gasteiger partial charge < -0.3 is 9.73 Å².